The van der Waals surface area contributed by atoms with Crippen LogP contribution in [-0.2, 0) is 13.1 Å². The van der Waals surface area contributed by atoms with Crippen molar-refractivity contribution in [3.8, 4) is 0 Å². The number of aromatic nitrogens is 2. The van der Waals surface area contributed by atoms with Gasteiger partial charge in [-0.3, -0.25) is 0 Å². The van der Waals surface area contributed by atoms with Crippen molar-refractivity contribution in [1.82, 2.24) is 9.55 Å². The van der Waals surface area contributed by atoms with Crippen LogP contribution < -0.4 is 5.32 Å². The average Bonchev–Trinajstić information content (AvgIpc) is 2.93. The molecule has 3 aromatic rings. The maximum absolute atomic E-state index is 12.5. The van der Waals surface area contributed by atoms with Crippen LogP contribution in [0.25, 0.3) is 10.8 Å². The lowest BCUT2D eigenvalue weighted by Gasteiger charge is -2.14. The zero-order chi connectivity index (χ0) is 15.5. The number of fused-ring (bicyclic) bond motifs is 1. The van der Waals surface area contributed by atoms with Gasteiger partial charge < -0.3 is 9.88 Å². The molecule has 0 saturated heterocycles. The normalized spacial score (nSPS) is 11.3. The van der Waals surface area contributed by atoms with Crippen molar-refractivity contribution in [1.29, 1.82) is 0 Å². The molecule has 0 unspecified atom stereocenters. The van der Waals surface area contributed by atoms with E-state index < -0.39 is 6.43 Å². The topological polar surface area (TPSA) is 29.9 Å². The van der Waals surface area contributed by atoms with Gasteiger partial charge in [-0.25, -0.2) is 13.8 Å². The Morgan fingerprint density at radius 3 is 2.82 bits per heavy atom. The number of alkyl halides is 2. The molecular formula is C17H17F2N3. The second-order valence-corrected chi connectivity index (χ2v) is 5.22. The highest BCUT2D eigenvalue weighted by Gasteiger charge is 2.10. The Balaban J connectivity index is 1.85. The van der Waals surface area contributed by atoms with Crippen molar-refractivity contribution in [2.45, 2.75) is 26.4 Å². The van der Waals surface area contributed by atoms with Gasteiger partial charge in [0.25, 0.3) is 6.43 Å². The summed E-state index contributed by atoms with van der Waals surface area (Å²) >= 11 is 0. The molecule has 0 saturated carbocycles. The smallest absolute Gasteiger partial charge is 0.256 e. The summed E-state index contributed by atoms with van der Waals surface area (Å²) < 4.78 is 26.6. The minimum Gasteiger partial charge on any atom is -0.377 e. The molecule has 0 aliphatic carbocycles. The van der Waals surface area contributed by atoms with Crippen molar-refractivity contribution < 1.29 is 8.78 Å². The number of nitrogens with one attached hydrogen (secondary N) is 1. The van der Waals surface area contributed by atoms with Gasteiger partial charge in [-0.15, -0.1) is 0 Å². The van der Waals surface area contributed by atoms with Gasteiger partial charge in [-0.2, -0.15) is 0 Å². The molecule has 0 fully saturated rings. The van der Waals surface area contributed by atoms with Gasteiger partial charge in [0.2, 0.25) is 0 Å². The largest absolute Gasteiger partial charge is 0.377 e. The Bertz CT molecular complexity index is 780. The predicted octanol–water partition coefficient (Wildman–Crippen LogP) is 4.22. The molecule has 0 spiro atoms. The monoisotopic (exact) mass is 301 g/mol. The van der Waals surface area contributed by atoms with Gasteiger partial charge >= 0.3 is 0 Å². The maximum atomic E-state index is 12.5. The molecule has 5 heteroatoms. The summed E-state index contributed by atoms with van der Waals surface area (Å²) in [5, 5.41) is 5.61. The van der Waals surface area contributed by atoms with Gasteiger partial charge in [-0.05, 0) is 17.9 Å². The molecular weight excluding hydrogens is 284 g/mol. The lowest BCUT2D eigenvalue weighted by Crippen LogP contribution is -2.13. The number of rotatable bonds is 5. The molecule has 114 valence electrons. The minimum absolute atomic E-state index is 0.328. The Morgan fingerprint density at radius 1 is 1.18 bits per heavy atom. The van der Waals surface area contributed by atoms with Gasteiger partial charge in [0, 0.05) is 23.5 Å². The lowest BCUT2D eigenvalue weighted by molar-refractivity contribution is 0.125. The summed E-state index contributed by atoms with van der Waals surface area (Å²) in [6, 6.07) is 12.2. The fourth-order valence-electron chi connectivity index (χ4n) is 2.60. The fourth-order valence-corrected chi connectivity index (χ4v) is 2.60. The van der Waals surface area contributed by atoms with Gasteiger partial charge in [-0.1, -0.05) is 36.4 Å². The van der Waals surface area contributed by atoms with Crippen LogP contribution >= 0.6 is 0 Å². The number of hydrogen-bond donors (Lipinski definition) is 1. The van der Waals surface area contributed by atoms with E-state index in [0.29, 0.717) is 12.4 Å². The number of halogens is 2. The first kappa shape index (κ1) is 14.5. The number of aryl methyl sites for hydroxylation is 1. The third-order valence-corrected chi connectivity index (χ3v) is 3.70. The SMILES string of the molecule is Cc1ccc2ccccc2c1NCc1nccn1CC(F)F. The quantitative estimate of drug-likeness (QED) is 0.764. The third kappa shape index (κ3) is 2.93. The van der Waals surface area contributed by atoms with Crippen LogP contribution in [0.3, 0.4) is 0 Å². The maximum Gasteiger partial charge on any atom is 0.256 e. The number of anilines is 1. The molecule has 0 aliphatic rings. The molecule has 0 amide bonds. The number of benzene rings is 2. The van der Waals surface area contributed by atoms with Crippen LogP contribution in [-0.4, -0.2) is 16.0 Å². The first-order chi connectivity index (χ1) is 10.6. The van der Waals surface area contributed by atoms with Crippen LogP contribution in [0.1, 0.15) is 11.4 Å². The fraction of sp³-hybridized carbons (Fsp3) is 0.235. The molecule has 3 nitrogen and oxygen atoms in total. The summed E-state index contributed by atoms with van der Waals surface area (Å²) in [4.78, 5) is 4.16. The first-order valence-electron chi connectivity index (χ1n) is 7.15. The summed E-state index contributed by atoms with van der Waals surface area (Å²) in [6.45, 7) is 2.11. The van der Waals surface area contributed by atoms with Gasteiger partial charge in [0.05, 0.1) is 13.1 Å². The minimum atomic E-state index is -2.38. The molecule has 1 aromatic heterocycles. The molecule has 0 bridgehead atoms. The van der Waals surface area contributed by atoms with Crippen molar-refractivity contribution in [2.24, 2.45) is 0 Å². The Labute approximate surface area is 127 Å². The zero-order valence-corrected chi connectivity index (χ0v) is 12.3. The highest BCUT2D eigenvalue weighted by atomic mass is 19.3. The summed E-state index contributed by atoms with van der Waals surface area (Å²) in [5.41, 5.74) is 2.13. The first-order valence-corrected chi connectivity index (χ1v) is 7.15. The van der Waals surface area contributed by atoms with Crippen LogP contribution in [0.4, 0.5) is 14.5 Å². The van der Waals surface area contributed by atoms with Crippen molar-refractivity contribution in [2.75, 3.05) is 5.32 Å². The highest BCUT2D eigenvalue weighted by molar-refractivity contribution is 5.95. The molecule has 1 N–H and O–H groups in total. The zero-order valence-electron chi connectivity index (χ0n) is 12.3. The molecule has 0 atom stereocenters. The number of nitrogens with zero attached hydrogens (tertiary/aromatic N) is 2. The van der Waals surface area contributed by atoms with Gasteiger partial charge in [0.15, 0.2) is 0 Å². The van der Waals surface area contributed by atoms with Crippen LogP contribution in [0.5, 0.6) is 0 Å². The second-order valence-electron chi connectivity index (χ2n) is 5.22. The second kappa shape index (κ2) is 6.13. The Morgan fingerprint density at radius 2 is 2.00 bits per heavy atom. The van der Waals surface area contributed by atoms with Crippen molar-refractivity contribution in [3.05, 3.63) is 60.2 Å². The van der Waals surface area contributed by atoms with E-state index in [4.69, 9.17) is 0 Å². The Kier molecular flexibility index (Phi) is 4.04. The molecule has 3 rings (SSSR count). The molecule has 1 heterocycles. The predicted molar refractivity (Wildman–Crippen MR) is 84.2 cm³/mol. The highest BCUT2D eigenvalue weighted by Crippen LogP contribution is 2.27. The van der Waals surface area contributed by atoms with E-state index in [0.717, 1.165) is 22.0 Å². The van der Waals surface area contributed by atoms with Crippen LogP contribution in [0.2, 0.25) is 0 Å². The van der Waals surface area contributed by atoms with E-state index in [1.165, 1.54) is 4.57 Å². The van der Waals surface area contributed by atoms with E-state index in [9.17, 15) is 8.78 Å². The summed E-state index contributed by atoms with van der Waals surface area (Å²) in [7, 11) is 0. The van der Waals surface area contributed by atoms with E-state index in [-0.39, 0.29) is 6.54 Å². The summed E-state index contributed by atoms with van der Waals surface area (Å²) in [5.74, 6) is 0.604. The van der Waals surface area contributed by atoms with E-state index in [1.54, 1.807) is 12.4 Å². The Hall–Kier alpha value is -2.43. The van der Waals surface area contributed by atoms with E-state index >= 15 is 0 Å². The van der Waals surface area contributed by atoms with Crippen molar-refractivity contribution in [3.63, 3.8) is 0 Å². The lowest BCUT2D eigenvalue weighted by atomic mass is 10.0. The van der Waals surface area contributed by atoms with Gasteiger partial charge in [0.1, 0.15) is 5.82 Å². The van der Waals surface area contributed by atoms with Crippen LogP contribution in [0, 0.1) is 6.92 Å². The van der Waals surface area contributed by atoms with Crippen molar-refractivity contribution >= 4 is 16.5 Å². The van der Waals surface area contributed by atoms with E-state index in [2.05, 4.69) is 34.6 Å². The molecule has 0 aliphatic heterocycles. The number of imidazole rings is 1. The molecule has 22 heavy (non-hydrogen) atoms. The molecule has 0 radical (unpaired) electrons. The van der Waals surface area contributed by atoms with E-state index in [1.807, 2.05) is 19.1 Å². The number of hydrogen-bond acceptors (Lipinski definition) is 2. The summed E-state index contributed by atoms with van der Waals surface area (Å²) in [6.07, 6.45) is 0.751. The third-order valence-electron chi connectivity index (χ3n) is 3.70. The standard InChI is InChI=1S/C17H17F2N3/c1-12-6-7-13-4-2-3-5-14(13)17(12)21-10-16-20-8-9-22(16)11-15(18)19/h2-9,15,21H,10-11H2,1H3. The van der Waals surface area contributed by atoms with Crippen LogP contribution in [0.15, 0.2) is 48.8 Å². The average molecular weight is 301 g/mol. The molecule has 2 aromatic carbocycles.